The third-order valence-corrected chi connectivity index (χ3v) is 2.80. The summed E-state index contributed by atoms with van der Waals surface area (Å²) in [6, 6.07) is 5.72. The first-order chi connectivity index (χ1) is 9.31. The maximum atomic E-state index is 5.68. The van der Waals surface area contributed by atoms with Crippen molar-refractivity contribution >= 4 is 5.69 Å². The lowest BCUT2D eigenvalue weighted by atomic mass is 10.1. The van der Waals surface area contributed by atoms with Crippen LogP contribution >= 0.6 is 0 Å². The minimum Gasteiger partial charge on any atom is -0.496 e. The standard InChI is InChI=1S/C10H15N3O.C3H4N2/c1-14-9-6-7(11)2-3-8(9)10-12-4-5-13-10;1-2-5-3-4-1/h2-3,6,10,12-13H,4-5,11H2,1H3;1-3H,(H,4,5). The first-order valence-corrected chi connectivity index (χ1v) is 6.14. The van der Waals surface area contributed by atoms with E-state index in [0.29, 0.717) is 0 Å². The number of methoxy groups -OCH3 is 1. The molecule has 6 nitrogen and oxygen atoms in total. The molecule has 0 aliphatic carbocycles. The molecule has 1 aliphatic heterocycles. The summed E-state index contributed by atoms with van der Waals surface area (Å²) in [5.74, 6) is 0.830. The maximum absolute atomic E-state index is 5.68. The van der Waals surface area contributed by atoms with Gasteiger partial charge in [0.2, 0.25) is 0 Å². The van der Waals surface area contributed by atoms with E-state index in [1.54, 1.807) is 25.8 Å². The Morgan fingerprint density at radius 2 is 2.11 bits per heavy atom. The molecule has 5 N–H and O–H groups in total. The van der Waals surface area contributed by atoms with E-state index in [0.717, 1.165) is 30.1 Å². The summed E-state index contributed by atoms with van der Waals surface area (Å²) in [4.78, 5) is 6.42. The Morgan fingerprint density at radius 3 is 2.63 bits per heavy atom. The van der Waals surface area contributed by atoms with Crippen molar-refractivity contribution in [2.45, 2.75) is 6.17 Å². The number of ether oxygens (including phenoxy) is 1. The van der Waals surface area contributed by atoms with E-state index in [9.17, 15) is 0 Å². The zero-order valence-corrected chi connectivity index (χ0v) is 10.9. The lowest BCUT2D eigenvalue weighted by Crippen LogP contribution is -2.21. The number of hydrogen-bond acceptors (Lipinski definition) is 5. The molecule has 1 saturated heterocycles. The van der Waals surface area contributed by atoms with Gasteiger partial charge in [-0.15, -0.1) is 0 Å². The minimum atomic E-state index is 0.186. The molecule has 0 amide bonds. The van der Waals surface area contributed by atoms with Crippen LogP contribution in [0, 0.1) is 0 Å². The fourth-order valence-corrected chi connectivity index (χ4v) is 1.91. The molecule has 0 unspecified atom stereocenters. The lowest BCUT2D eigenvalue weighted by Gasteiger charge is -2.15. The number of anilines is 1. The van der Waals surface area contributed by atoms with E-state index >= 15 is 0 Å². The fourth-order valence-electron chi connectivity index (χ4n) is 1.91. The van der Waals surface area contributed by atoms with E-state index < -0.39 is 0 Å². The van der Waals surface area contributed by atoms with Gasteiger partial charge in [0.1, 0.15) is 5.75 Å². The number of nitrogens with two attached hydrogens (primary N) is 1. The molecule has 1 aromatic carbocycles. The molecule has 6 heteroatoms. The third kappa shape index (κ3) is 3.70. The van der Waals surface area contributed by atoms with E-state index in [1.807, 2.05) is 18.2 Å². The van der Waals surface area contributed by atoms with Crippen molar-refractivity contribution in [3.8, 4) is 5.75 Å². The highest BCUT2D eigenvalue weighted by molar-refractivity contribution is 5.49. The van der Waals surface area contributed by atoms with E-state index in [-0.39, 0.29) is 6.17 Å². The molecular weight excluding hydrogens is 242 g/mol. The van der Waals surface area contributed by atoms with Gasteiger partial charge in [0.25, 0.3) is 0 Å². The van der Waals surface area contributed by atoms with Crippen molar-refractivity contribution in [2.75, 3.05) is 25.9 Å². The summed E-state index contributed by atoms with van der Waals surface area (Å²) < 4.78 is 5.28. The Hall–Kier alpha value is -2.05. The van der Waals surface area contributed by atoms with Gasteiger partial charge in [0, 0.05) is 42.8 Å². The van der Waals surface area contributed by atoms with Crippen LogP contribution in [-0.4, -0.2) is 30.2 Å². The molecule has 1 fully saturated rings. The molecule has 3 rings (SSSR count). The van der Waals surface area contributed by atoms with Gasteiger partial charge in [0.05, 0.1) is 19.6 Å². The molecule has 19 heavy (non-hydrogen) atoms. The van der Waals surface area contributed by atoms with Gasteiger partial charge in [-0.25, -0.2) is 4.98 Å². The molecule has 0 bridgehead atoms. The van der Waals surface area contributed by atoms with Crippen molar-refractivity contribution in [2.24, 2.45) is 0 Å². The Morgan fingerprint density at radius 1 is 1.32 bits per heavy atom. The number of aromatic amines is 1. The zero-order valence-electron chi connectivity index (χ0n) is 10.9. The highest BCUT2D eigenvalue weighted by Crippen LogP contribution is 2.26. The zero-order chi connectivity index (χ0) is 13.5. The first kappa shape index (κ1) is 13.4. The highest BCUT2D eigenvalue weighted by atomic mass is 16.5. The van der Waals surface area contributed by atoms with E-state index in [1.165, 1.54) is 0 Å². The summed E-state index contributed by atoms with van der Waals surface area (Å²) in [7, 11) is 1.66. The number of aromatic nitrogens is 2. The van der Waals surface area contributed by atoms with Crippen molar-refractivity contribution < 1.29 is 4.74 Å². The van der Waals surface area contributed by atoms with Crippen molar-refractivity contribution in [3.63, 3.8) is 0 Å². The summed E-state index contributed by atoms with van der Waals surface area (Å²) in [6.07, 6.45) is 5.27. The second-order valence-electron chi connectivity index (χ2n) is 4.10. The average Bonchev–Trinajstić information content (AvgIpc) is 3.14. The number of H-pyrrole nitrogens is 1. The second-order valence-corrected chi connectivity index (χ2v) is 4.10. The van der Waals surface area contributed by atoms with Crippen LogP contribution in [-0.2, 0) is 0 Å². The molecule has 0 spiro atoms. The molecule has 1 aromatic heterocycles. The normalized spacial score (nSPS) is 14.8. The van der Waals surface area contributed by atoms with E-state index in [2.05, 4.69) is 20.6 Å². The van der Waals surface area contributed by atoms with Gasteiger partial charge < -0.3 is 15.5 Å². The fraction of sp³-hybridized carbons (Fsp3) is 0.308. The monoisotopic (exact) mass is 261 g/mol. The number of nitrogens with one attached hydrogen (secondary N) is 3. The van der Waals surface area contributed by atoms with Crippen LogP contribution in [0.1, 0.15) is 11.7 Å². The molecule has 2 aromatic rings. The SMILES string of the molecule is COc1cc(N)ccc1C1NCCN1.c1c[nH]cn1. The Kier molecular flexibility index (Phi) is 4.77. The molecule has 102 valence electrons. The highest BCUT2D eigenvalue weighted by Gasteiger charge is 2.18. The molecular formula is C13H19N5O. The van der Waals surface area contributed by atoms with Crippen molar-refractivity contribution in [1.82, 2.24) is 20.6 Å². The van der Waals surface area contributed by atoms with Crippen LogP contribution in [0.2, 0.25) is 0 Å². The first-order valence-electron chi connectivity index (χ1n) is 6.14. The smallest absolute Gasteiger partial charge is 0.127 e. The largest absolute Gasteiger partial charge is 0.496 e. The number of nitrogen functional groups attached to an aromatic ring is 1. The topological polar surface area (TPSA) is 88.0 Å². The predicted octanol–water partition coefficient (Wildman–Crippen LogP) is 0.878. The molecule has 0 radical (unpaired) electrons. The van der Waals surface area contributed by atoms with Gasteiger partial charge in [-0.05, 0) is 6.07 Å². The summed E-state index contributed by atoms with van der Waals surface area (Å²) in [5, 5.41) is 6.67. The Balaban J connectivity index is 0.000000224. The number of hydrogen-bond donors (Lipinski definition) is 4. The van der Waals surface area contributed by atoms with Gasteiger partial charge in [-0.2, -0.15) is 0 Å². The quantitative estimate of drug-likeness (QED) is 0.603. The second kappa shape index (κ2) is 6.77. The van der Waals surface area contributed by atoms with Crippen LogP contribution < -0.4 is 21.1 Å². The van der Waals surface area contributed by atoms with Crippen LogP contribution in [0.25, 0.3) is 0 Å². The van der Waals surface area contributed by atoms with Crippen LogP contribution in [0.5, 0.6) is 5.75 Å². The number of imidazole rings is 1. The van der Waals surface area contributed by atoms with Crippen LogP contribution in [0.3, 0.4) is 0 Å². The summed E-state index contributed by atoms with van der Waals surface area (Å²) in [5.41, 5.74) is 7.52. The number of rotatable bonds is 2. The van der Waals surface area contributed by atoms with Crippen LogP contribution in [0.15, 0.2) is 36.9 Å². The van der Waals surface area contributed by atoms with Crippen molar-refractivity contribution in [1.29, 1.82) is 0 Å². The molecule has 0 saturated carbocycles. The molecule has 0 atom stereocenters. The number of nitrogens with zero attached hydrogens (tertiary/aromatic N) is 1. The van der Waals surface area contributed by atoms with Crippen molar-refractivity contribution in [3.05, 3.63) is 42.5 Å². The van der Waals surface area contributed by atoms with Crippen LogP contribution in [0.4, 0.5) is 5.69 Å². The van der Waals surface area contributed by atoms with E-state index in [4.69, 9.17) is 10.5 Å². The Labute approximate surface area is 112 Å². The average molecular weight is 261 g/mol. The summed E-state index contributed by atoms with van der Waals surface area (Å²) >= 11 is 0. The van der Waals surface area contributed by atoms with Gasteiger partial charge >= 0.3 is 0 Å². The van der Waals surface area contributed by atoms with Gasteiger partial charge in [0.15, 0.2) is 0 Å². The molecule has 1 aliphatic rings. The maximum Gasteiger partial charge on any atom is 0.127 e. The number of benzene rings is 1. The van der Waals surface area contributed by atoms with Gasteiger partial charge in [-0.1, -0.05) is 6.07 Å². The summed E-state index contributed by atoms with van der Waals surface area (Å²) in [6.45, 7) is 1.97. The van der Waals surface area contributed by atoms with Gasteiger partial charge in [-0.3, -0.25) is 10.6 Å². The molecule has 2 heterocycles. The lowest BCUT2D eigenvalue weighted by molar-refractivity contribution is 0.400. The minimum absolute atomic E-state index is 0.186. The third-order valence-electron chi connectivity index (χ3n) is 2.80. The predicted molar refractivity (Wildman–Crippen MR) is 74.7 cm³/mol. The Bertz CT molecular complexity index is 463.